The van der Waals surface area contributed by atoms with Crippen LogP contribution in [0.15, 0.2) is 48.9 Å². The number of carbonyl (C=O) groups is 7. The summed E-state index contributed by atoms with van der Waals surface area (Å²) in [6, 6.07) is 8.51. The van der Waals surface area contributed by atoms with Gasteiger partial charge in [0.1, 0.15) is 37.5 Å². The van der Waals surface area contributed by atoms with E-state index in [2.05, 4.69) is 41.1 Å². The molecule has 6 amide bonds. The fraction of sp³-hybridized carbons (Fsp3) is 0.542. The maximum atomic E-state index is 16.2. The number of quaternary nitrogens is 1. The largest absolute Gasteiger partial charge is 0.468 e. The van der Waals surface area contributed by atoms with Crippen molar-refractivity contribution >= 4 is 68.9 Å². The number of carbonyl (C=O) groups excluding carboxylic acids is 7. The molecule has 4 aliphatic heterocycles. The number of aromatic nitrogens is 8. The first-order valence-corrected chi connectivity index (χ1v) is 29.7. The Hall–Kier alpha value is -8.08. The van der Waals surface area contributed by atoms with Gasteiger partial charge in [-0.3, -0.25) is 43.2 Å². The van der Waals surface area contributed by atoms with Crippen LogP contribution in [0, 0.1) is 17.7 Å². The van der Waals surface area contributed by atoms with E-state index in [1.165, 1.54) is 25.1 Å². The van der Waals surface area contributed by atoms with Crippen molar-refractivity contribution in [3.8, 4) is 11.1 Å². The maximum absolute atomic E-state index is 16.2. The SMILES string of the molecule is COC(=O)CNC(=O)CN(C)C(=O)Cn1nc2c3c(cccc31)-c1cc3c(cnn3[N+]3(C(=O)CCC(=O)NCCOCCOCCOCCC(=O)N4CCC(n5cc(NC(=O)c6n[nH]c7c6C[C@@H]6[C@H](CCC6(F)F)C7)cn5)CC4)CCC2CC3)cc1F. The summed E-state index contributed by atoms with van der Waals surface area (Å²) >= 11 is 0. The van der Waals surface area contributed by atoms with Crippen molar-refractivity contribution in [2.75, 3.05) is 105 Å². The van der Waals surface area contributed by atoms with Crippen molar-refractivity contribution in [2.45, 2.75) is 95.1 Å². The summed E-state index contributed by atoms with van der Waals surface area (Å²) in [5.74, 6) is -6.93. The van der Waals surface area contributed by atoms with E-state index < -0.39 is 41.3 Å². The molecule has 6 aromatic rings. The molecular weight excluding hydrogens is 1140 g/mol. The second-order valence-electron chi connectivity index (χ2n) is 23.1. The second-order valence-corrected chi connectivity index (χ2v) is 23.1. The summed E-state index contributed by atoms with van der Waals surface area (Å²) in [6.45, 7) is 2.66. The molecule has 8 heterocycles. The number of alkyl halides is 2. The number of nitrogens with one attached hydrogen (secondary N) is 4. The van der Waals surface area contributed by atoms with E-state index in [1.807, 2.05) is 17.0 Å². The van der Waals surface area contributed by atoms with E-state index in [0.29, 0.717) is 116 Å². The summed E-state index contributed by atoms with van der Waals surface area (Å²) < 4.78 is 70.0. The Balaban J connectivity index is 0.570. The highest BCUT2D eigenvalue weighted by atomic mass is 19.3. The molecule has 12 rings (SSSR count). The van der Waals surface area contributed by atoms with Crippen LogP contribution in [0.3, 0.4) is 0 Å². The number of nitrogens with zero attached hydrogens (tertiary/aromatic N) is 10. The number of fused-ring (bicyclic) bond motifs is 4. The minimum atomic E-state index is -2.74. The Morgan fingerprint density at radius 3 is 2.37 bits per heavy atom. The number of amides is 6. The van der Waals surface area contributed by atoms with Crippen LogP contribution in [0.2, 0.25) is 0 Å². The molecule has 4 aromatic heterocycles. The molecule has 2 saturated heterocycles. The smallest absolute Gasteiger partial charge is 0.340 e. The van der Waals surface area contributed by atoms with Gasteiger partial charge in [0.25, 0.3) is 11.8 Å². The van der Waals surface area contributed by atoms with Crippen LogP contribution >= 0.6 is 0 Å². The topological polar surface area (TPSA) is 281 Å². The van der Waals surface area contributed by atoms with Gasteiger partial charge in [0, 0.05) is 98.0 Å². The van der Waals surface area contributed by atoms with E-state index >= 15 is 4.39 Å². The van der Waals surface area contributed by atoms with E-state index in [-0.39, 0.29) is 143 Å². The van der Waals surface area contributed by atoms with Crippen LogP contribution in [0.1, 0.15) is 97.2 Å². The highest BCUT2D eigenvalue weighted by Crippen LogP contribution is 2.50. The molecule has 0 spiro atoms. The van der Waals surface area contributed by atoms with Crippen LogP contribution in [-0.2, 0) is 67.1 Å². The molecule has 2 atom stereocenters. The van der Waals surface area contributed by atoms with Crippen LogP contribution in [0.25, 0.3) is 32.9 Å². The van der Waals surface area contributed by atoms with Gasteiger partial charge < -0.3 is 44.7 Å². The van der Waals surface area contributed by atoms with Crippen LogP contribution < -0.4 is 20.5 Å². The molecule has 87 heavy (non-hydrogen) atoms. The number of hydrogen-bond acceptors (Lipinski definition) is 15. The maximum Gasteiger partial charge on any atom is 0.340 e. The number of hydrogen-bond donors (Lipinski definition) is 4. The van der Waals surface area contributed by atoms with Crippen molar-refractivity contribution in [3.05, 3.63) is 77.4 Å². The summed E-state index contributed by atoms with van der Waals surface area (Å²) in [7, 11) is 2.68. The summed E-state index contributed by atoms with van der Waals surface area (Å²) in [6.07, 6.45) is 8.17. The number of likely N-dealkylation sites (N-methyl/N-ethyl adjacent to an activating group) is 1. The van der Waals surface area contributed by atoms with Crippen molar-refractivity contribution < 1.29 is 65.7 Å². The van der Waals surface area contributed by atoms with E-state index in [1.54, 1.807) is 44.9 Å². The third kappa shape index (κ3) is 13.0. The molecule has 3 fully saturated rings. The summed E-state index contributed by atoms with van der Waals surface area (Å²) in [5.41, 5.74) is 4.59. The molecule has 6 aliphatic rings. The molecule has 1 saturated carbocycles. The third-order valence-electron chi connectivity index (χ3n) is 17.8. The number of piperidine rings is 2. The lowest BCUT2D eigenvalue weighted by Gasteiger charge is -2.39. The monoisotopic (exact) mass is 1210 g/mol. The number of ether oxygens (including phenoxy) is 4. The van der Waals surface area contributed by atoms with E-state index in [4.69, 9.17) is 19.3 Å². The molecule has 28 heteroatoms. The minimum Gasteiger partial charge on any atom is -0.468 e. The number of anilines is 1. The standard InChI is InChI=1S/C59H71F3N14O11/c1-71(34-50(78)64-32-54(82)84-2)52(80)35-74-47-5-3-4-41-42-29-48-38(26-45(42)60)30-66-75(48)76(18-11-36(12-19-76)56(70-74)55(41)47)53(81)7-6-49(77)63-15-21-86-23-25-87-24-22-85-20-13-51(79)72-16-9-40(10-17-72)73-33-39(31-65-73)67-58(83)57-43-28-44-37(8-14-59(44,61)62)27-46(43)68-69-57/h3-5,26,29-31,33,36-37,40,44H,6-25,27-28,32,34-35H2,1-2H3,(H3-,63,64,67,68,69,77,78,83)/p+1/t36?,37-,44-,76?/m1/s1. The van der Waals surface area contributed by atoms with Gasteiger partial charge in [-0.2, -0.15) is 15.3 Å². The lowest BCUT2D eigenvalue weighted by Crippen LogP contribution is -2.65. The number of H-pyrrole nitrogens is 1. The lowest BCUT2D eigenvalue weighted by molar-refractivity contribution is -0.142. The quantitative estimate of drug-likeness (QED) is 0.0380. The Bertz CT molecular complexity index is 3560. The van der Waals surface area contributed by atoms with Gasteiger partial charge in [-0.1, -0.05) is 16.9 Å². The van der Waals surface area contributed by atoms with Crippen LogP contribution in [0.5, 0.6) is 0 Å². The highest BCUT2D eigenvalue weighted by Gasteiger charge is 2.53. The first kappa shape index (κ1) is 60.6. The van der Waals surface area contributed by atoms with E-state index in [0.717, 1.165) is 5.69 Å². The first-order chi connectivity index (χ1) is 42.0. The summed E-state index contributed by atoms with van der Waals surface area (Å²) in [4.78, 5) is 96.1. The highest BCUT2D eigenvalue weighted by molar-refractivity contribution is 6.04. The Labute approximate surface area is 498 Å². The van der Waals surface area contributed by atoms with E-state index in [9.17, 15) is 42.3 Å². The predicted octanol–water partition coefficient (Wildman–Crippen LogP) is 3.93. The fourth-order valence-electron chi connectivity index (χ4n) is 13.0. The van der Waals surface area contributed by atoms with Crippen molar-refractivity contribution in [2.24, 2.45) is 11.8 Å². The molecule has 25 nitrogen and oxygen atoms in total. The van der Waals surface area contributed by atoms with Gasteiger partial charge in [-0.25, -0.2) is 18.0 Å². The zero-order chi connectivity index (χ0) is 61.0. The average molecular weight is 1210 g/mol. The molecular formula is C59H72F3N14O11+. The van der Waals surface area contributed by atoms with Gasteiger partial charge in [0.05, 0.1) is 101 Å². The molecule has 2 aliphatic carbocycles. The van der Waals surface area contributed by atoms with Crippen molar-refractivity contribution in [3.63, 3.8) is 0 Å². The van der Waals surface area contributed by atoms with Gasteiger partial charge in [0.15, 0.2) is 5.69 Å². The van der Waals surface area contributed by atoms with Crippen LogP contribution in [-0.4, -0.2) is 196 Å². The Morgan fingerprint density at radius 2 is 1.60 bits per heavy atom. The molecule has 464 valence electrons. The number of rotatable bonds is 24. The molecule has 4 bridgehead atoms. The third-order valence-corrected chi connectivity index (χ3v) is 17.8. The van der Waals surface area contributed by atoms with Crippen molar-refractivity contribution in [1.82, 2.24) is 64.7 Å². The molecule has 2 aromatic carbocycles. The summed E-state index contributed by atoms with van der Waals surface area (Å²) in [5, 5.41) is 30.5. The minimum absolute atomic E-state index is 0.0129. The number of methoxy groups -OCH3 is 1. The number of benzene rings is 2. The Morgan fingerprint density at radius 1 is 0.839 bits per heavy atom. The van der Waals surface area contributed by atoms with Crippen molar-refractivity contribution in [1.29, 1.82) is 0 Å². The number of esters is 1. The zero-order valence-corrected chi connectivity index (χ0v) is 48.7. The number of aromatic amines is 1. The van der Waals surface area contributed by atoms with Gasteiger partial charge in [-0.15, -0.1) is 9.69 Å². The lowest BCUT2D eigenvalue weighted by atomic mass is 9.79. The molecule has 0 radical (unpaired) electrons. The number of likely N-dealkylation sites (tertiary alicyclic amines) is 1. The van der Waals surface area contributed by atoms with Gasteiger partial charge >= 0.3 is 11.9 Å². The van der Waals surface area contributed by atoms with Gasteiger partial charge in [-0.05, 0) is 61.8 Å². The fourth-order valence-corrected chi connectivity index (χ4v) is 13.0. The Kier molecular flexibility index (Phi) is 18.2. The normalized spacial score (nSPS) is 20.2. The molecule has 0 unspecified atom stereocenters. The average Bonchev–Trinajstić information content (AvgIpc) is 1.66. The zero-order valence-electron chi connectivity index (χ0n) is 48.7. The predicted molar refractivity (Wildman–Crippen MR) is 307 cm³/mol. The van der Waals surface area contributed by atoms with Gasteiger partial charge in [0.2, 0.25) is 23.6 Å². The first-order valence-electron chi connectivity index (χ1n) is 29.7. The second kappa shape index (κ2) is 26.1. The molecule has 4 N–H and O–H groups in total. The number of halogens is 3. The van der Waals surface area contributed by atoms with Crippen LogP contribution in [0.4, 0.5) is 18.9 Å².